The van der Waals surface area contributed by atoms with Gasteiger partial charge in [0.2, 0.25) is 0 Å². The second-order valence-electron chi connectivity index (χ2n) is 5.23. The summed E-state index contributed by atoms with van der Waals surface area (Å²) in [5, 5.41) is 5.82. The van der Waals surface area contributed by atoms with Gasteiger partial charge in [0.05, 0.1) is 11.4 Å². The number of hydrogen-bond donors (Lipinski definition) is 1. The van der Waals surface area contributed by atoms with Crippen LogP contribution in [0, 0.1) is 6.92 Å². The molecule has 1 N–H and O–H groups in total. The number of rotatable bonds is 2. The van der Waals surface area contributed by atoms with E-state index in [1.807, 2.05) is 36.6 Å². The quantitative estimate of drug-likeness (QED) is 0.784. The summed E-state index contributed by atoms with van der Waals surface area (Å²) < 4.78 is 5.44. The maximum Gasteiger partial charge on any atom is 0.262 e. The number of ether oxygens (including phenoxy) is 1. The summed E-state index contributed by atoms with van der Waals surface area (Å²) >= 11 is 1.57. The lowest BCUT2D eigenvalue weighted by Crippen LogP contribution is -2.26. The van der Waals surface area contributed by atoms with Crippen molar-refractivity contribution in [1.29, 1.82) is 0 Å². The second kappa shape index (κ2) is 5.48. The average molecular weight is 323 g/mol. The molecule has 2 aromatic heterocycles. The van der Waals surface area contributed by atoms with Crippen LogP contribution in [-0.4, -0.2) is 22.5 Å². The normalized spacial score (nSPS) is 13.2. The highest BCUT2D eigenvalue weighted by Gasteiger charge is 2.20. The number of aromatic nitrogens is 2. The monoisotopic (exact) mass is 323 g/mol. The number of thiazole rings is 1. The Morgan fingerprint density at radius 1 is 1.30 bits per heavy atom. The van der Waals surface area contributed by atoms with Crippen LogP contribution in [0.1, 0.15) is 5.56 Å². The lowest BCUT2D eigenvalue weighted by atomic mass is 10.0. The summed E-state index contributed by atoms with van der Waals surface area (Å²) in [7, 11) is 0. The molecular formula is C17H13N3O2S. The van der Waals surface area contributed by atoms with Crippen LogP contribution in [0.2, 0.25) is 0 Å². The number of anilines is 1. The number of benzene rings is 1. The highest BCUT2D eigenvalue weighted by Crippen LogP contribution is 2.38. The lowest BCUT2D eigenvalue weighted by Gasteiger charge is -2.21. The summed E-state index contributed by atoms with van der Waals surface area (Å²) in [6.45, 7) is 2.03. The zero-order chi connectivity index (χ0) is 15.8. The Kier molecular flexibility index (Phi) is 3.31. The molecule has 3 heterocycles. The summed E-state index contributed by atoms with van der Waals surface area (Å²) in [5.41, 5.74) is 4.55. The Balaban J connectivity index is 1.76. The van der Waals surface area contributed by atoms with E-state index in [1.165, 1.54) is 0 Å². The number of nitrogens with one attached hydrogen (secondary N) is 1. The zero-order valence-electron chi connectivity index (χ0n) is 12.4. The van der Waals surface area contributed by atoms with Crippen LogP contribution < -0.4 is 10.1 Å². The number of carbonyl (C=O) groups is 1. The van der Waals surface area contributed by atoms with Crippen LogP contribution >= 0.6 is 11.3 Å². The SMILES string of the molecule is Cc1c(-c2csc(-c3cccnc3)n2)ccc2c1NC(=O)CO2. The van der Waals surface area contributed by atoms with Crippen molar-refractivity contribution >= 4 is 22.9 Å². The molecule has 0 unspecified atom stereocenters. The first-order valence-corrected chi connectivity index (χ1v) is 8.03. The summed E-state index contributed by atoms with van der Waals surface area (Å²) in [5.74, 6) is 0.570. The van der Waals surface area contributed by atoms with E-state index in [9.17, 15) is 4.79 Å². The Morgan fingerprint density at radius 2 is 2.22 bits per heavy atom. The molecule has 0 radical (unpaired) electrons. The minimum absolute atomic E-state index is 0.0631. The fraction of sp³-hybridized carbons (Fsp3) is 0.118. The minimum atomic E-state index is -0.132. The van der Waals surface area contributed by atoms with Gasteiger partial charge in [-0.25, -0.2) is 4.98 Å². The molecule has 1 aromatic carbocycles. The van der Waals surface area contributed by atoms with E-state index in [-0.39, 0.29) is 12.5 Å². The number of fused-ring (bicyclic) bond motifs is 1. The Bertz CT molecular complexity index is 890. The highest BCUT2D eigenvalue weighted by molar-refractivity contribution is 7.13. The average Bonchev–Trinajstić information content (AvgIpc) is 3.06. The third-order valence-electron chi connectivity index (χ3n) is 3.74. The summed E-state index contributed by atoms with van der Waals surface area (Å²) in [6, 6.07) is 7.74. The first kappa shape index (κ1) is 13.9. The van der Waals surface area contributed by atoms with Crippen molar-refractivity contribution in [1.82, 2.24) is 9.97 Å². The largest absolute Gasteiger partial charge is 0.482 e. The van der Waals surface area contributed by atoms with Gasteiger partial charge in [-0.05, 0) is 36.8 Å². The molecule has 0 bridgehead atoms. The molecule has 0 aliphatic carbocycles. The van der Waals surface area contributed by atoms with Gasteiger partial charge in [-0.1, -0.05) is 0 Å². The van der Waals surface area contributed by atoms with Crippen molar-refractivity contribution in [3.05, 3.63) is 47.6 Å². The third-order valence-corrected chi connectivity index (χ3v) is 4.63. The Labute approximate surface area is 137 Å². The molecule has 1 aliphatic heterocycles. The molecular weight excluding hydrogens is 310 g/mol. The lowest BCUT2D eigenvalue weighted by molar-refractivity contribution is -0.118. The molecule has 1 amide bonds. The maximum atomic E-state index is 11.6. The van der Waals surface area contributed by atoms with Crippen LogP contribution in [0.3, 0.4) is 0 Å². The van der Waals surface area contributed by atoms with E-state index in [1.54, 1.807) is 23.7 Å². The molecule has 23 heavy (non-hydrogen) atoms. The van der Waals surface area contributed by atoms with E-state index in [0.717, 1.165) is 33.1 Å². The molecule has 6 heteroatoms. The summed E-state index contributed by atoms with van der Waals surface area (Å²) in [4.78, 5) is 20.4. The van der Waals surface area contributed by atoms with Crippen molar-refractivity contribution in [2.45, 2.75) is 6.92 Å². The van der Waals surface area contributed by atoms with Gasteiger partial charge in [-0.2, -0.15) is 0 Å². The number of nitrogens with zero attached hydrogens (tertiary/aromatic N) is 2. The molecule has 0 spiro atoms. The van der Waals surface area contributed by atoms with Crippen molar-refractivity contribution in [3.8, 4) is 27.6 Å². The smallest absolute Gasteiger partial charge is 0.262 e. The highest BCUT2D eigenvalue weighted by atomic mass is 32.1. The molecule has 0 saturated heterocycles. The van der Waals surface area contributed by atoms with Gasteiger partial charge < -0.3 is 10.1 Å². The van der Waals surface area contributed by atoms with Crippen LogP contribution in [0.5, 0.6) is 5.75 Å². The van der Waals surface area contributed by atoms with E-state index < -0.39 is 0 Å². The molecule has 5 nitrogen and oxygen atoms in total. The summed E-state index contributed by atoms with van der Waals surface area (Å²) in [6.07, 6.45) is 3.55. The van der Waals surface area contributed by atoms with Crippen molar-refractivity contribution in [2.75, 3.05) is 11.9 Å². The van der Waals surface area contributed by atoms with E-state index >= 15 is 0 Å². The Hall–Kier alpha value is -2.73. The second-order valence-corrected chi connectivity index (χ2v) is 6.09. The molecule has 0 atom stereocenters. The van der Waals surface area contributed by atoms with Gasteiger partial charge in [0, 0.05) is 28.9 Å². The van der Waals surface area contributed by atoms with Crippen molar-refractivity contribution in [3.63, 3.8) is 0 Å². The maximum absolute atomic E-state index is 11.6. The molecule has 114 valence electrons. The molecule has 4 rings (SSSR count). The van der Waals surface area contributed by atoms with Gasteiger partial charge in [0.15, 0.2) is 6.61 Å². The first-order chi connectivity index (χ1) is 11.2. The van der Waals surface area contributed by atoms with Gasteiger partial charge in [0.1, 0.15) is 10.8 Å². The molecule has 0 saturated carbocycles. The predicted molar refractivity (Wildman–Crippen MR) is 89.6 cm³/mol. The van der Waals surface area contributed by atoms with E-state index in [4.69, 9.17) is 9.72 Å². The molecule has 0 fully saturated rings. The number of carbonyl (C=O) groups excluding carboxylic acids is 1. The van der Waals surface area contributed by atoms with Crippen LogP contribution in [0.15, 0.2) is 42.0 Å². The predicted octanol–water partition coefficient (Wildman–Crippen LogP) is 3.51. The van der Waals surface area contributed by atoms with Crippen molar-refractivity contribution in [2.24, 2.45) is 0 Å². The van der Waals surface area contributed by atoms with Crippen LogP contribution in [0.25, 0.3) is 21.8 Å². The fourth-order valence-corrected chi connectivity index (χ4v) is 3.39. The standard InChI is InChI=1S/C17H13N3O2S/c1-10-12(4-5-14-16(10)20-15(21)8-22-14)13-9-23-17(19-13)11-3-2-6-18-7-11/h2-7,9H,8H2,1H3,(H,20,21). The van der Waals surface area contributed by atoms with Gasteiger partial charge in [-0.3, -0.25) is 9.78 Å². The van der Waals surface area contributed by atoms with Gasteiger partial charge in [0.25, 0.3) is 5.91 Å². The van der Waals surface area contributed by atoms with Gasteiger partial charge in [-0.15, -0.1) is 11.3 Å². The van der Waals surface area contributed by atoms with Crippen molar-refractivity contribution < 1.29 is 9.53 Å². The molecule has 1 aliphatic rings. The van der Waals surface area contributed by atoms with E-state index in [2.05, 4.69) is 10.3 Å². The van der Waals surface area contributed by atoms with E-state index in [0.29, 0.717) is 5.75 Å². The minimum Gasteiger partial charge on any atom is -0.482 e. The van der Waals surface area contributed by atoms with Crippen LogP contribution in [-0.2, 0) is 4.79 Å². The Morgan fingerprint density at radius 3 is 3.04 bits per heavy atom. The van der Waals surface area contributed by atoms with Gasteiger partial charge >= 0.3 is 0 Å². The first-order valence-electron chi connectivity index (χ1n) is 7.15. The number of amides is 1. The number of pyridine rings is 1. The topological polar surface area (TPSA) is 64.1 Å². The third kappa shape index (κ3) is 2.47. The fourth-order valence-electron chi connectivity index (χ4n) is 2.58. The van der Waals surface area contributed by atoms with Crippen LogP contribution in [0.4, 0.5) is 5.69 Å². The number of hydrogen-bond acceptors (Lipinski definition) is 5. The zero-order valence-corrected chi connectivity index (χ0v) is 13.2. The molecule has 3 aromatic rings.